The van der Waals surface area contributed by atoms with Crippen LogP contribution < -0.4 is 4.90 Å². The Morgan fingerprint density at radius 3 is 2.62 bits per heavy atom. The second-order valence-corrected chi connectivity index (χ2v) is 4.20. The summed E-state index contributed by atoms with van der Waals surface area (Å²) in [6.07, 6.45) is 5.20. The maximum Gasteiger partial charge on any atom is 0.0826 e. The summed E-state index contributed by atoms with van der Waals surface area (Å²) in [6.45, 7) is 6.76. The van der Waals surface area contributed by atoms with Crippen molar-refractivity contribution in [1.82, 2.24) is 0 Å². The standard InChI is InChI=1S/C14H19NS/c1-3-5-11-14(16)15(12-4-2)13-9-7-6-8-10-13/h4,6-10H,2-3,5,11-12H2,1H3. The Hall–Kier alpha value is -1.15. The average Bonchev–Trinajstić information content (AvgIpc) is 2.34. The molecule has 16 heavy (non-hydrogen) atoms. The average molecular weight is 233 g/mol. The SMILES string of the molecule is C=CCN(C(=S)CCCC)c1ccccc1. The molecule has 0 radical (unpaired) electrons. The van der Waals surface area contributed by atoms with E-state index in [1.165, 1.54) is 6.42 Å². The van der Waals surface area contributed by atoms with Gasteiger partial charge >= 0.3 is 0 Å². The number of para-hydroxylation sites is 1. The molecule has 86 valence electrons. The van der Waals surface area contributed by atoms with E-state index in [-0.39, 0.29) is 0 Å². The van der Waals surface area contributed by atoms with Crippen LogP contribution in [0, 0.1) is 0 Å². The number of anilines is 1. The third-order valence-corrected chi connectivity index (χ3v) is 2.85. The summed E-state index contributed by atoms with van der Waals surface area (Å²) in [4.78, 5) is 3.16. The fourth-order valence-corrected chi connectivity index (χ4v) is 1.88. The maximum absolute atomic E-state index is 5.47. The minimum absolute atomic E-state index is 0.784. The van der Waals surface area contributed by atoms with E-state index >= 15 is 0 Å². The lowest BCUT2D eigenvalue weighted by atomic mass is 10.2. The minimum Gasteiger partial charge on any atom is -0.332 e. The second kappa shape index (κ2) is 7.18. The van der Waals surface area contributed by atoms with E-state index in [0.717, 1.165) is 30.1 Å². The van der Waals surface area contributed by atoms with Crippen LogP contribution in [0.4, 0.5) is 5.69 Å². The molecule has 0 atom stereocenters. The Bertz CT molecular complexity index is 332. The molecule has 0 bridgehead atoms. The summed E-state index contributed by atoms with van der Waals surface area (Å²) < 4.78 is 0. The lowest BCUT2D eigenvalue weighted by Crippen LogP contribution is -2.29. The molecule has 0 amide bonds. The quantitative estimate of drug-likeness (QED) is 0.535. The number of hydrogen-bond donors (Lipinski definition) is 0. The third kappa shape index (κ3) is 3.78. The molecule has 2 heteroatoms. The number of unbranched alkanes of at least 4 members (excludes halogenated alkanes) is 1. The van der Waals surface area contributed by atoms with Crippen LogP contribution in [0.15, 0.2) is 43.0 Å². The van der Waals surface area contributed by atoms with Crippen LogP contribution in [0.25, 0.3) is 0 Å². The van der Waals surface area contributed by atoms with Gasteiger partial charge in [0.25, 0.3) is 0 Å². The molecule has 0 aromatic heterocycles. The fourth-order valence-electron chi connectivity index (χ4n) is 1.55. The summed E-state index contributed by atoms with van der Waals surface area (Å²) in [5, 5.41) is 0. The van der Waals surface area contributed by atoms with E-state index in [9.17, 15) is 0 Å². The first-order valence-corrected chi connectivity index (χ1v) is 6.16. The highest BCUT2D eigenvalue weighted by atomic mass is 32.1. The number of thiocarbonyl (C=S) groups is 1. The summed E-state index contributed by atoms with van der Waals surface area (Å²) >= 11 is 5.47. The summed E-state index contributed by atoms with van der Waals surface area (Å²) in [5.74, 6) is 0. The molecular weight excluding hydrogens is 214 g/mol. The zero-order chi connectivity index (χ0) is 11.8. The van der Waals surface area contributed by atoms with Crippen molar-refractivity contribution >= 4 is 22.9 Å². The van der Waals surface area contributed by atoms with Gasteiger partial charge in [0.15, 0.2) is 0 Å². The van der Waals surface area contributed by atoms with Crippen molar-refractivity contribution < 1.29 is 0 Å². The van der Waals surface area contributed by atoms with E-state index < -0.39 is 0 Å². The van der Waals surface area contributed by atoms with E-state index in [4.69, 9.17) is 12.2 Å². The second-order valence-electron chi connectivity index (χ2n) is 3.73. The van der Waals surface area contributed by atoms with Crippen LogP contribution in [0.2, 0.25) is 0 Å². The monoisotopic (exact) mass is 233 g/mol. The predicted octanol–water partition coefficient (Wildman–Crippen LogP) is 4.20. The van der Waals surface area contributed by atoms with Gasteiger partial charge in [-0.05, 0) is 25.0 Å². The molecule has 1 rings (SSSR count). The Kier molecular flexibility index (Phi) is 5.79. The number of benzene rings is 1. The highest BCUT2D eigenvalue weighted by Gasteiger charge is 2.09. The van der Waals surface area contributed by atoms with Crippen molar-refractivity contribution in [3.05, 3.63) is 43.0 Å². The Balaban J connectivity index is 2.74. The highest BCUT2D eigenvalue weighted by molar-refractivity contribution is 7.80. The van der Waals surface area contributed by atoms with Gasteiger partial charge in [0.2, 0.25) is 0 Å². The van der Waals surface area contributed by atoms with Crippen molar-refractivity contribution in [2.45, 2.75) is 26.2 Å². The van der Waals surface area contributed by atoms with Crippen LogP contribution >= 0.6 is 12.2 Å². The summed E-state index contributed by atoms with van der Waals surface area (Å²) in [5.41, 5.74) is 1.16. The maximum atomic E-state index is 5.47. The first-order valence-electron chi connectivity index (χ1n) is 5.76. The van der Waals surface area contributed by atoms with Crippen molar-refractivity contribution in [3.8, 4) is 0 Å². The van der Waals surface area contributed by atoms with Crippen LogP contribution in [0.1, 0.15) is 26.2 Å². The first-order chi connectivity index (χ1) is 7.79. The number of nitrogens with zero attached hydrogens (tertiary/aromatic N) is 1. The van der Waals surface area contributed by atoms with Gasteiger partial charge in [-0.25, -0.2) is 0 Å². The molecule has 0 fully saturated rings. The van der Waals surface area contributed by atoms with Gasteiger partial charge in [-0.15, -0.1) is 6.58 Å². The molecule has 0 N–H and O–H groups in total. The van der Waals surface area contributed by atoms with Crippen molar-refractivity contribution in [2.75, 3.05) is 11.4 Å². The van der Waals surface area contributed by atoms with E-state index in [1.54, 1.807) is 0 Å². The highest BCUT2D eigenvalue weighted by Crippen LogP contribution is 2.16. The summed E-state index contributed by atoms with van der Waals surface area (Å²) in [6, 6.07) is 10.3. The lowest BCUT2D eigenvalue weighted by molar-refractivity contribution is 0.831. The van der Waals surface area contributed by atoms with Gasteiger partial charge in [0.05, 0.1) is 4.99 Å². The van der Waals surface area contributed by atoms with Gasteiger partial charge < -0.3 is 4.90 Å². The molecule has 0 saturated heterocycles. The summed E-state index contributed by atoms with van der Waals surface area (Å²) in [7, 11) is 0. The fraction of sp³-hybridized carbons (Fsp3) is 0.357. The smallest absolute Gasteiger partial charge is 0.0826 e. The molecule has 1 aromatic rings. The Labute approximate surface area is 104 Å². The molecule has 0 heterocycles. The number of hydrogen-bond acceptors (Lipinski definition) is 1. The van der Waals surface area contributed by atoms with Crippen molar-refractivity contribution in [3.63, 3.8) is 0 Å². The molecule has 1 aromatic carbocycles. The van der Waals surface area contributed by atoms with Crippen molar-refractivity contribution in [2.24, 2.45) is 0 Å². The number of rotatable bonds is 6. The van der Waals surface area contributed by atoms with Crippen LogP contribution in [0.5, 0.6) is 0 Å². The largest absolute Gasteiger partial charge is 0.332 e. The molecule has 0 aliphatic rings. The van der Waals surface area contributed by atoms with Gasteiger partial charge in [-0.2, -0.15) is 0 Å². The predicted molar refractivity (Wildman–Crippen MR) is 76.1 cm³/mol. The molecule has 0 aliphatic carbocycles. The third-order valence-electron chi connectivity index (χ3n) is 2.42. The van der Waals surface area contributed by atoms with E-state index in [1.807, 2.05) is 24.3 Å². The van der Waals surface area contributed by atoms with Crippen LogP contribution in [-0.4, -0.2) is 11.5 Å². The van der Waals surface area contributed by atoms with E-state index in [0.29, 0.717) is 0 Å². The zero-order valence-corrected chi connectivity index (χ0v) is 10.7. The van der Waals surface area contributed by atoms with Gasteiger partial charge in [-0.1, -0.05) is 49.8 Å². The molecule has 1 nitrogen and oxygen atoms in total. The molecule has 0 spiro atoms. The van der Waals surface area contributed by atoms with Gasteiger partial charge in [0.1, 0.15) is 0 Å². The minimum atomic E-state index is 0.784. The van der Waals surface area contributed by atoms with Crippen LogP contribution in [-0.2, 0) is 0 Å². The molecule has 0 saturated carbocycles. The van der Waals surface area contributed by atoms with Gasteiger partial charge in [-0.3, -0.25) is 0 Å². The Morgan fingerprint density at radius 2 is 2.06 bits per heavy atom. The van der Waals surface area contributed by atoms with Crippen molar-refractivity contribution in [1.29, 1.82) is 0 Å². The van der Waals surface area contributed by atoms with E-state index in [2.05, 4.69) is 30.5 Å². The zero-order valence-electron chi connectivity index (χ0n) is 9.86. The molecular formula is C14H19NS. The molecule has 0 unspecified atom stereocenters. The van der Waals surface area contributed by atoms with Crippen LogP contribution in [0.3, 0.4) is 0 Å². The molecule has 0 aliphatic heterocycles. The topological polar surface area (TPSA) is 3.24 Å². The normalized spacial score (nSPS) is 9.81. The first kappa shape index (κ1) is 12.9. The Morgan fingerprint density at radius 1 is 1.38 bits per heavy atom. The van der Waals surface area contributed by atoms with Gasteiger partial charge in [0, 0.05) is 12.2 Å². The lowest BCUT2D eigenvalue weighted by Gasteiger charge is -2.24.